The number of aryl methyl sites for hydroxylation is 1. The maximum absolute atomic E-state index is 13.0. The molecule has 2 aromatic heterocycles. The Morgan fingerprint density at radius 1 is 1.21 bits per heavy atom. The van der Waals surface area contributed by atoms with Gasteiger partial charge in [-0.05, 0) is 57.0 Å². The Bertz CT molecular complexity index is 1130. The number of aromatic nitrogens is 2. The fourth-order valence-corrected chi connectivity index (χ4v) is 3.50. The number of H-pyrrole nitrogens is 1. The number of ether oxygens (including phenoxy) is 1. The first-order valence-corrected chi connectivity index (χ1v) is 11.0. The molecule has 0 spiro atoms. The van der Waals surface area contributed by atoms with Crippen LogP contribution in [0.15, 0.2) is 51.9 Å². The van der Waals surface area contributed by atoms with Gasteiger partial charge in [-0.2, -0.15) is 0 Å². The number of benzene rings is 1. The fourth-order valence-electron chi connectivity index (χ4n) is 3.50. The molecular formula is C25H32N4O4. The van der Waals surface area contributed by atoms with Gasteiger partial charge in [0.05, 0.1) is 32.2 Å². The van der Waals surface area contributed by atoms with Crippen LogP contribution in [-0.4, -0.2) is 33.5 Å². The predicted octanol–water partition coefficient (Wildman–Crippen LogP) is 4.04. The zero-order valence-electron chi connectivity index (χ0n) is 19.9. The fraction of sp³-hybridized carbons (Fsp3) is 0.400. The van der Waals surface area contributed by atoms with Gasteiger partial charge in [-0.15, -0.1) is 0 Å². The Morgan fingerprint density at radius 2 is 2.00 bits per heavy atom. The second kappa shape index (κ2) is 10.4. The summed E-state index contributed by atoms with van der Waals surface area (Å²) in [5.74, 6) is 1.82. The highest BCUT2D eigenvalue weighted by molar-refractivity contribution is 5.74. The molecule has 0 saturated carbocycles. The van der Waals surface area contributed by atoms with Crippen LogP contribution in [0.3, 0.4) is 0 Å². The van der Waals surface area contributed by atoms with Crippen LogP contribution in [0.1, 0.15) is 56.1 Å². The number of methoxy groups -OCH3 is 1. The first-order chi connectivity index (χ1) is 15.7. The normalized spacial score (nSPS) is 11.3. The van der Waals surface area contributed by atoms with E-state index < -0.39 is 5.54 Å². The Balaban J connectivity index is 1.87. The SMILES string of the molecule is CCc1nc(CN(Cc2ccco2)C(=O)NC(C)(C)C)[nH]c(=O)c1Cc1cccc(OC)c1. The maximum atomic E-state index is 13.0. The summed E-state index contributed by atoms with van der Waals surface area (Å²) in [4.78, 5) is 35.1. The summed E-state index contributed by atoms with van der Waals surface area (Å²) in [5.41, 5.74) is 1.69. The summed E-state index contributed by atoms with van der Waals surface area (Å²) < 4.78 is 10.7. The number of amides is 2. The molecule has 0 aliphatic heterocycles. The average Bonchev–Trinajstić information content (AvgIpc) is 3.27. The molecule has 1 aromatic carbocycles. The summed E-state index contributed by atoms with van der Waals surface area (Å²) in [6.07, 6.45) is 2.62. The van der Waals surface area contributed by atoms with E-state index in [0.717, 1.165) is 11.3 Å². The Morgan fingerprint density at radius 3 is 2.64 bits per heavy atom. The van der Waals surface area contributed by atoms with E-state index in [4.69, 9.17) is 14.1 Å². The van der Waals surface area contributed by atoms with Gasteiger partial charge in [0.15, 0.2) is 0 Å². The van der Waals surface area contributed by atoms with E-state index in [1.165, 1.54) is 0 Å². The molecule has 3 aromatic rings. The van der Waals surface area contributed by atoms with Gasteiger partial charge in [-0.3, -0.25) is 4.79 Å². The topological polar surface area (TPSA) is 100 Å². The van der Waals surface area contributed by atoms with Gasteiger partial charge in [-0.25, -0.2) is 9.78 Å². The van der Waals surface area contributed by atoms with E-state index >= 15 is 0 Å². The number of furan rings is 1. The minimum atomic E-state index is -0.408. The molecule has 0 aliphatic carbocycles. The Hall–Kier alpha value is -3.55. The number of rotatable bonds is 8. The summed E-state index contributed by atoms with van der Waals surface area (Å²) >= 11 is 0. The van der Waals surface area contributed by atoms with Crippen LogP contribution in [0.5, 0.6) is 5.75 Å². The number of urea groups is 1. The van der Waals surface area contributed by atoms with Crippen LogP contribution in [0.2, 0.25) is 0 Å². The third kappa shape index (κ3) is 6.71. The van der Waals surface area contributed by atoms with E-state index in [1.807, 2.05) is 58.0 Å². The van der Waals surface area contributed by atoms with Gasteiger partial charge in [0.1, 0.15) is 17.3 Å². The summed E-state index contributed by atoms with van der Waals surface area (Å²) in [5, 5.41) is 2.96. The molecule has 0 saturated heterocycles. The molecule has 3 rings (SSSR count). The molecule has 33 heavy (non-hydrogen) atoms. The number of carbonyl (C=O) groups excluding carboxylic acids is 1. The van der Waals surface area contributed by atoms with Crippen LogP contribution < -0.4 is 15.6 Å². The zero-order chi connectivity index (χ0) is 24.0. The van der Waals surface area contributed by atoms with Crippen molar-refractivity contribution >= 4 is 6.03 Å². The lowest BCUT2D eigenvalue weighted by Gasteiger charge is -2.27. The largest absolute Gasteiger partial charge is 0.497 e. The first kappa shape index (κ1) is 24.1. The molecule has 2 N–H and O–H groups in total. The molecule has 0 radical (unpaired) electrons. The standard InChI is InChI=1S/C25H32N4O4/c1-6-21-20(14-17-9-7-10-18(13-17)32-5)23(30)27-22(26-21)16-29(15-19-11-8-12-33-19)24(31)28-25(2,3)4/h7-13H,6,14-16H2,1-5H3,(H,28,31)(H,26,27,30). The molecule has 0 unspecified atom stereocenters. The van der Waals surface area contributed by atoms with E-state index in [-0.39, 0.29) is 24.7 Å². The molecule has 0 fully saturated rings. The third-order valence-electron chi connectivity index (χ3n) is 5.04. The number of carbonyl (C=O) groups is 1. The molecule has 176 valence electrons. The molecule has 0 aliphatic rings. The van der Waals surface area contributed by atoms with Crippen LogP contribution >= 0.6 is 0 Å². The van der Waals surface area contributed by atoms with Crippen molar-refractivity contribution in [1.82, 2.24) is 20.2 Å². The molecule has 2 heterocycles. The Labute approximate surface area is 194 Å². The lowest BCUT2D eigenvalue weighted by atomic mass is 10.0. The quantitative estimate of drug-likeness (QED) is 0.537. The smallest absolute Gasteiger partial charge is 0.318 e. The van der Waals surface area contributed by atoms with Gasteiger partial charge in [-0.1, -0.05) is 19.1 Å². The molecule has 2 amide bonds. The van der Waals surface area contributed by atoms with E-state index in [2.05, 4.69) is 10.3 Å². The highest BCUT2D eigenvalue weighted by atomic mass is 16.5. The molecule has 0 bridgehead atoms. The van der Waals surface area contributed by atoms with E-state index in [0.29, 0.717) is 35.7 Å². The Kier molecular flexibility index (Phi) is 7.58. The summed E-state index contributed by atoms with van der Waals surface area (Å²) in [6, 6.07) is 11.0. The van der Waals surface area contributed by atoms with Crippen molar-refractivity contribution in [2.75, 3.05) is 7.11 Å². The minimum absolute atomic E-state index is 0.143. The van der Waals surface area contributed by atoms with Gasteiger partial charge < -0.3 is 24.4 Å². The first-order valence-electron chi connectivity index (χ1n) is 11.0. The van der Waals surface area contributed by atoms with Crippen molar-refractivity contribution in [3.05, 3.63) is 81.4 Å². The van der Waals surface area contributed by atoms with E-state index in [9.17, 15) is 9.59 Å². The summed E-state index contributed by atoms with van der Waals surface area (Å²) in [7, 11) is 1.62. The van der Waals surface area contributed by atoms with Crippen LogP contribution in [0, 0.1) is 0 Å². The van der Waals surface area contributed by atoms with Crippen molar-refractivity contribution in [2.24, 2.45) is 0 Å². The van der Waals surface area contributed by atoms with Crippen molar-refractivity contribution in [3.8, 4) is 5.75 Å². The zero-order valence-corrected chi connectivity index (χ0v) is 19.9. The average molecular weight is 453 g/mol. The van der Waals surface area contributed by atoms with Crippen molar-refractivity contribution in [1.29, 1.82) is 0 Å². The third-order valence-corrected chi connectivity index (χ3v) is 5.04. The molecule has 8 nitrogen and oxygen atoms in total. The van der Waals surface area contributed by atoms with Gasteiger partial charge in [0.2, 0.25) is 0 Å². The minimum Gasteiger partial charge on any atom is -0.497 e. The van der Waals surface area contributed by atoms with Crippen LogP contribution in [0.25, 0.3) is 0 Å². The second-order valence-corrected chi connectivity index (χ2v) is 8.94. The van der Waals surface area contributed by atoms with Crippen LogP contribution in [-0.2, 0) is 25.9 Å². The van der Waals surface area contributed by atoms with Crippen LogP contribution in [0.4, 0.5) is 4.79 Å². The lowest BCUT2D eigenvalue weighted by Crippen LogP contribution is -2.48. The van der Waals surface area contributed by atoms with Gasteiger partial charge in [0, 0.05) is 17.5 Å². The van der Waals surface area contributed by atoms with Crippen molar-refractivity contribution < 1.29 is 13.9 Å². The molecule has 0 atom stereocenters. The number of hydrogen-bond donors (Lipinski definition) is 2. The summed E-state index contributed by atoms with van der Waals surface area (Å²) in [6.45, 7) is 8.11. The van der Waals surface area contributed by atoms with Crippen molar-refractivity contribution in [3.63, 3.8) is 0 Å². The van der Waals surface area contributed by atoms with Gasteiger partial charge in [0.25, 0.3) is 5.56 Å². The molecular weight excluding hydrogens is 420 g/mol. The van der Waals surface area contributed by atoms with Gasteiger partial charge >= 0.3 is 6.03 Å². The number of nitrogens with one attached hydrogen (secondary N) is 2. The predicted molar refractivity (Wildman–Crippen MR) is 126 cm³/mol. The van der Waals surface area contributed by atoms with E-state index in [1.54, 1.807) is 24.3 Å². The number of hydrogen-bond acceptors (Lipinski definition) is 5. The second-order valence-electron chi connectivity index (χ2n) is 8.94. The maximum Gasteiger partial charge on any atom is 0.318 e. The monoisotopic (exact) mass is 452 g/mol. The van der Waals surface area contributed by atoms with Crippen molar-refractivity contribution in [2.45, 2.75) is 59.2 Å². The lowest BCUT2D eigenvalue weighted by molar-refractivity contribution is 0.176. The highest BCUT2D eigenvalue weighted by Crippen LogP contribution is 2.17. The highest BCUT2D eigenvalue weighted by Gasteiger charge is 2.22. The number of nitrogens with zero attached hydrogens (tertiary/aromatic N) is 2. The number of aromatic amines is 1. The molecule has 8 heteroatoms.